The second-order valence-corrected chi connectivity index (χ2v) is 4.23. The molecule has 1 aromatic rings. The first kappa shape index (κ1) is 15.5. The summed E-state index contributed by atoms with van der Waals surface area (Å²) in [5, 5.41) is 9.94. The minimum atomic E-state index is -0.634. The minimum absolute atomic E-state index is 0.331. The number of carbonyl (C=O) groups is 1. The second-order valence-electron chi connectivity index (χ2n) is 4.23. The summed E-state index contributed by atoms with van der Waals surface area (Å²) in [6.45, 7) is 5.85. The van der Waals surface area contributed by atoms with E-state index in [0.717, 1.165) is 0 Å². The van der Waals surface area contributed by atoms with Gasteiger partial charge in [0.05, 0.1) is 12.7 Å². The molecule has 0 saturated heterocycles. The van der Waals surface area contributed by atoms with E-state index in [0.29, 0.717) is 30.8 Å². The topological polar surface area (TPSA) is 55.8 Å². The van der Waals surface area contributed by atoms with Gasteiger partial charge in [-0.05, 0) is 25.8 Å². The fourth-order valence-corrected chi connectivity index (χ4v) is 1.77. The van der Waals surface area contributed by atoms with Crippen LogP contribution in [0.3, 0.4) is 0 Å². The second kappa shape index (κ2) is 7.79. The molecule has 0 fully saturated rings. The number of hydrogen-bond acceptors (Lipinski definition) is 4. The monoisotopic (exact) mass is 266 g/mol. The van der Waals surface area contributed by atoms with Crippen molar-refractivity contribution in [2.45, 2.75) is 45.8 Å². The van der Waals surface area contributed by atoms with Crippen molar-refractivity contribution in [2.75, 3.05) is 6.61 Å². The number of hydrogen-bond donors (Lipinski definition) is 1. The van der Waals surface area contributed by atoms with E-state index >= 15 is 0 Å². The zero-order valence-electron chi connectivity index (χ0n) is 11.8. The van der Waals surface area contributed by atoms with Crippen LogP contribution in [0.5, 0.6) is 5.75 Å². The van der Waals surface area contributed by atoms with E-state index in [1.54, 1.807) is 19.1 Å². The van der Waals surface area contributed by atoms with E-state index in [1.807, 2.05) is 26.0 Å². The number of esters is 1. The third-order valence-corrected chi connectivity index (χ3v) is 2.85. The largest absolute Gasteiger partial charge is 0.478 e. The van der Waals surface area contributed by atoms with Crippen LogP contribution in [0.25, 0.3) is 0 Å². The molecule has 19 heavy (non-hydrogen) atoms. The molecule has 0 aliphatic heterocycles. The molecule has 2 atom stereocenters. The summed E-state index contributed by atoms with van der Waals surface area (Å²) in [5.41, 5.74) is 0.702. The molecular formula is C15H22O4. The quantitative estimate of drug-likeness (QED) is 0.771. The van der Waals surface area contributed by atoms with Crippen LogP contribution >= 0.6 is 0 Å². The van der Waals surface area contributed by atoms with E-state index in [1.165, 1.54) is 0 Å². The van der Waals surface area contributed by atoms with Crippen molar-refractivity contribution < 1.29 is 19.4 Å². The van der Waals surface area contributed by atoms with E-state index in [4.69, 9.17) is 9.47 Å². The molecule has 0 amide bonds. The first-order chi connectivity index (χ1) is 9.13. The Hall–Kier alpha value is -1.55. The van der Waals surface area contributed by atoms with Gasteiger partial charge in [0.15, 0.2) is 6.10 Å². The van der Waals surface area contributed by atoms with Crippen molar-refractivity contribution in [3.8, 4) is 5.75 Å². The number of ether oxygens (including phenoxy) is 2. The Morgan fingerprint density at radius 1 is 1.21 bits per heavy atom. The van der Waals surface area contributed by atoms with Crippen LogP contribution in [0.4, 0.5) is 0 Å². The van der Waals surface area contributed by atoms with Gasteiger partial charge in [-0.2, -0.15) is 0 Å². The van der Waals surface area contributed by atoms with Crippen LogP contribution in [0.1, 0.15) is 45.3 Å². The molecule has 4 heteroatoms. The highest BCUT2D eigenvalue weighted by Crippen LogP contribution is 2.28. The molecule has 1 rings (SSSR count). The van der Waals surface area contributed by atoms with Gasteiger partial charge in [0.2, 0.25) is 0 Å². The van der Waals surface area contributed by atoms with Gasteiger partial charge in [0.1, 0.15) is 5.75 Å². The fourth-order valence-electron chi connectivity index (χ4n) is 1.77. The summed E-state index contributed by atoms with van der Waals surface area (Å²) in [7, 11) is 0. The first-order valence-corrected chi connectivity index (χ1v) is 6.74. The molecule has 1 N–H and O–H groups in total. The number of rotatable bonds is 7. The highest BCUT2D eigenvalue weighted by molar-refractivity contribution is 5.75. The Balaban J connectivity index is 2.88. The summed E-state index contributed by atoms with van der Waals surface area (Å²) in [6.07, 6.45) is -0.104. The number of para-hydroxylation sites is 1. The molecule has 0 aliphatic carbocycles. The number of aliphatic hydroxyl groups excluding tert-OH is 1. The lowest BCUT2D eigenvalue weighted by Crippen LogP contribution is -2.29. The lowest BCUT2D eigenvalue weighted by molar-refractivity contribution is -0.151. The SMILES string of the molecule is CCOC(=O)C(CC)Oc1ccccc1C(O)CC. The van der Waals surface area contributed by atoms with Crippen LogP contribution in [-0.4, -0.2) is 23.8 Å². The Labute approximate surface area is 114 Å². The molecule has 4 nitrogen and oxygen atoms in total. The van der Waals surface area contributed by atoms with Crippen LogP contribution < -0.4 is 4.74 Å². The lowest BCUT2D eigenvalue weighted by Gasteiger charge is -2.20. The third kappa shape index (κ3) is 4.24. The normalized spacial score (nSPS) is 13.7. The maximum Gasteiger partial charge on any atom is 0.347 e. The molecule has 0 radical (unpaired) electrons. The predicted octanol–water partition coefficient (Wildman–Crippen LogP) is 2.85. The van der Waals surface area contributed by atoms with Crippen molar-refractivity contribution in [1.29, 1.82) is 0 Å². The average Bonchev–Trinajstić information content (AvgIpc) is 2.44. The maximum atomic E-state index is 11.7. The molecule has 0 heterocycles. The van der Waals surface area contributed by atoms with Crippen LogP contribution in [-0.2, 0) is 9.53 Å². The zero-order chi connectivity index (χ0) is 14.3. The number of aliphatic hydroxyl groups is 1. The van der Waals surface area contributed by atoms with Crippen molar-refractivity contribution >= 4 is 5.97 Å². The maximum absolute atomic E-state index is 11.7. The number of carbonyl (C=O) groups excluding carboxylic acids is 1. The summed E-state index contributed by atoms with van der Waals surface area (Å²) in [6, 6.07) is 7.23. The van der Waals surface area contributed by atoms with E-state index in [9.17, 15) is 9.90 Å². The van der Waals surface area contributed by atoms with Crippen molar-refractivity contribution in [2.24, 2.45) is 0 Å². The van der Waals surface area contributed by atoms with E-state index < -0.39 is 12.2 Å². The Kier molecular flexibility index (Phi) is 6.36. The Morgan fingerprint density at radius 2 is 1.89 bits per heavy atom. The van der Waals surface area contributed by atoms with Crippen molar-refractivity contribution in [3.05, 3.63) is 29.8 Å². The number of benzene rings is 1. The average molecular weight is 266 g/mol. The summed E-state index contributed by atoms with van der Waals surface area (Å²) in [4.78, 5) is 11.7. The fraction of sp³-hybridized carbons (Fsp3) is 0.533. The molecule has 2 unspecified atom stereocenters. The van der Waals surface area contributed by atoms with Gasteiger partial charge in [0, 0.05) is 5.56 Å². The molecule has 0 aliphatic rings. The smallest absolute Gasteiger partial charge is 0.347 e. The van der Waals surface area contributed by atoms with E-state index in [2.05, 4.69) is 0 Å². The van der Waals surface area contributed by atoms with Crippen molar-refractivity contribution in [3.63, 3.8) is 0 Å². The zero-order valence-corrected chi connectivity index (χ0v) is 11.8. The summed E-state index contributed by atoms with van der Waals surface area (Å²) in [5.74, 6) is 0.169. The van der Waals surface area contributed by atoms with Gasteiger partial charge < -0.3 is 14.6 Å². The van der Waals surface area contributed by atoms with Gasteiger partial charge in [0.25, 0.3) is 0 Å². The first-order valence-electron chi connectivity index (χ1n) is 6.74. The van der Waals surface area contributed by atoms with Crippen molar-refractivity contribution in [1.82, 2.24) is 0 Å². The van der Waals surface area contributed by atoms with Gasteiger partial charge in [-0.25, -0.2) is 4.79 Å². The van der Waals surface area contributed by atoms with E-state index in [-0.39, 0.29) is 5.97 Å². The third-order valence-electron chi connectivity index (χ3n) is 2.85. The molecule has 0 bridgehead atoms. The van der Waals surface area contributed by atoms with Gasteiger partial charge in [-0.3, -0.25) is 0 Å². The Morgan fingerprint density at radius 3 is 2.47 bits per heavy atom. The predicted molar refractivity (Wildman–Crippen MR) is 73.0 cm³/mol. The van der Waals surface area contributed by atoms with Crippen LogP contribution in [0.15, 0.2) is 24.3 Å². The molecule has 0 aromatic heterocycles. The summed E-state index contributed by atoms with van der Waals surface area (Å²) < 4.78 is 10.7. The molecular weight excluding hydrogens is 244 g/mol. The highest BCUT2D eigenvalue weighted by atomic mass is 16.6. The summed E-state index contributed by atoms with van der Waals surface area (Å²) >= 11 is 0. The Bertz CT molecular complexity index is 403. The van der Waals surface area contributed by atoms with Crippen LogP contribution in [0.2, 0.25) is 0 Å². The molecule has 0 saturated carbocycles. The molecule has 1 aromatic carbocycles. The van der Waals surface area contributed by atoms with Gasteiger partial charge in [-0.1, -0.05) is 32.0 Å². The van der Waals surface area contributed by atoms with Crippen LogP contribution in [0, 0.1) is 0 Å². The standard InChI is InChI=1S/C15H22O4/c1-4-12(16)11-9-7-8-10-14(11)19-13(5-2)15(17)18-6-3/h7-10,12-13,16H,4-6H2,1-3H3. The molecule has 106 valence electrons. The minimum Gasteiger partial charge on any atom is -0.478 e. The molecule has 0 spiro atoms. The van der Waals surface area contributed by atoms with Gasteiger partial charge in [-0.15, -0.1) is 0 Å². The lowest BCUT2D eigenvalue weighted by atomic mass is 10.1. The highest BCUT2D eigenvalue weighted by Gasteiger charge is 2.21. The van der Waals surface area contributed by atoms with Gasteiger partial charge >= 0.3 is 5.97 Å².